The van der Waals surface area contributed by atoms with Gasteiger partial charge in [-0.1, -0.05) is 15.9 Å². The van der Waals surface area contributed by atoms with Crippen LogP contribution >= 0.6 is 15.9 Å². The highest BCUT2D eigenvalue weighted by Crippen LogP contribution is 2.15. The van der Waals surface area contributed by atoms with Crippen molar-refractivity contribution in [1.29, 1.82) is 0 Å². The maximum atomic E-state index is 12.1. The Morgan fingerprint density at radius 1 is 1.14 bits per heavy atom. The predicted molar refractivity (Wildman–Crippen MR) is 87.2 cm³/mol. The molecule has 1 amide bonds. The first kappa shape index (κ1) is 14.9. The van der Waals surface area contributed by atoms with Crippen molar-refractivity contribution in [1.82, 2.24) is 9.97 Å². The molecule has 7 heteroatoms. The molecule has 1 aliphatic rings. The molecule has 114 valence electrons. The number of morpholine rings is 1. The Hall–Kier alpha value is -1.99. The molecule has 2 heterocycles. The van der Waals surface area contributed by atoms with Crippen LogP contribution in [0.5, 0.6) is 0 Å². The SMILES string of the molecule is O=C(Nc1ccc(Br)cc1)c1cnc(N2CCOCC2)cn1. The molecule has 1 aromatic carbocycles. The summed E-state index contributed by atoms with van der Waals surface area (Å²) in [5.74, 6) is 0.492. The van der Waals surface area contributed by atoms with Crippen molar-refractivity contribution in [3.8, 4) is 0 Å². The molecule has 0 aliphatic carbocycles. The van der Waals surface area contributed by atoms with E-state index in [1.54, 1.807) is 6.20 Å². The predicted octanol–water partition coefficient (Wildman–Crippen LogP) is 2.33. The Morgan fingerprint density at radius 3 is 2.50 bits per heavy atom. The second kappa shape index (κ2) is 6.85. The van der Waals surface area contributed by atoms with Crippen LogP contribution in [0.3, 0.4) is 0 Å². The molecule has 0 atom stereocenters. The van der Waals surface area contributed by atoms with Gasteiger partial charge in [-0.05, 0) is 24.3 Å². The molecule has 0 unspecified atom stereocenters. The van der Waals surface area contributed by atoms with E-state index in [0.717, 1.165) is 23.4 Å². The topological polar surface area (TPSA) is 67.4 Å². The van der Waals surface area contributed by atoms with E-state index < -0.39 is 0 Å². The summed E-state index contributed by atoms with van der Waals surface area (Å²) in [6, 6.07) is 7.36. The normalized spacial score (nSPS) is 14.7. The number of carbonyl (C=O) groups is 1. The lowest BCUT2D eigenvalue weighted by Crippen LogP contribution is -2.36. The van der Waals surface area contributed by atoms with Gasteiger partial charge in [0, 0.05) is 23.2 Å². The van der Waals surface area contributed by atoms with Crippen molar-refractivity contribution in [2.75, 3.05) is 36.5 Å². The smallest absolute Gasteiger partial charge is 0.275 e. The molecule has 2 aromatic rings. The number of carbonyl (C=O) groups excluding carboxylic acids is 1. The average molecular weight is 363 g/mol. The zero-order valence-electron chi connectivity index (χ0n) is 11.8. The molecule has 1 aromatic heterocycles. The molecule has 1 fully saturated rings. The van der Waals surface area contributed by atoms with Gasteiger partial charge in [0.25, 0.3) is 5.91 Å². The van der Waals surface area contributed by atoms with Crippen molar-refractivity contribution in [2.24, 2.45) is 0 Å². The van der Waals surface area contributed by atoms with E-state index in [1.807, 2.05) is 24.3 Å². The minimum absolute atomic E-state index is 0.275. The van der Waals surface area contributed by atoms with Crippen LogP contribution in [0.1, 0.15) is 10.5 Å². The monoisotopic (exact) mass is 362 g/mol. The maximum Gasteiger partial charge on any atom is 0.275 e. The van der Waals surface area contributed by atoms with Crippen LogP contribution in [-0.4, -0.2) is 42.2 Å². The van der Waals surface area contributed by atoms with Crippen molar-refractivity contribution >= 4 is 33.3 Å². The third kappa shape index (κ3) is 3.61. The molecule has 22 heavy (non-hydrogen) atoms. The van der Waals surface area contributed by atoms with Crippen LogP contribution < -0.4 is 10.2 Å². The van der Waals surface area contributed by atoms with E-state index in [9.17, 15) is 4.79 Å². The summed E-state index contributed by atoms with van der Waals surface area (Å²) in [5.41, 5.74) is 1.01. The van der Waals surface area contributed by atoms with Gasteiger partial charge in [-0.2, -0.15) is 0 Å². The van der Waals surface area contributed by atoms with Gasteiger partial charge in [0.2, 0.25) is 0 Å². The number of nitrogens with zero attached hydrogens (tertiary/aromatic N) is 3. The van der Waals surface area contributed by atoms with E-state index in [-0.39, 0.29) is 5.91 Å². The lowest BCUT2D eigenvalue weighted by atomic mass is 10.3. The summed E-state index contributed by atoms with van der Waals surface area (Å²) in [4.78, 5) is 22.7. The Bertz CT molecular complexity index is 640. The summed E-state index contributed by atoms with van der Waals surface area (Å²) < 4.78 is 6.26. The first-order valence-corrected chi connectivity index (χ1v) is 7.73. The number of aromatic nitrogens is 2. The number of ether oxygens (including phenoxy) is 1. The number of hydrogen-bond donors (Lipinski definition) is 1. The van der Waals surface area contributed by atoms with Gasteiger partial charge in [0.05, 0.1) is 25.6 Å². The molecule has 1 N–H and O–H groups in total. The molecule has 0 saturated carbocycles. The van der Waals surface area contributed by atoms with Gasteiger partial charge in [0.15, 0.2) is 0 Å². The number of anilines is 2. The van der Waals surface area contributed by atoms with Gasteiger partial charge in [0.1, 0.15) is 11.5 Å². The van der Waals surface area contributed by atoms with Crippen molar-refractivity contribution in [3.05, 3.63) is 46.8 Å². The summed E-state index contributed by atoms with van der Waals surface area (Å²) in [6.07, 6.45) is 3.13. The zero-order chi connectivity index (χ0) is 15.4. The summed E-state index contributed by atoms with van der Waals surface area (Å²) >= 11 is 3.35. The highest BCUT2D eigenvalue weighted by atomic mass is 79.9. The van der Waals surface area contributed by atoms with Crippen molar-refractivity contribution < 1.29 is 9.53 Å². The van der Waals surface area contributed by atoms with Crippen LogP contribution in [0.15, 0.2) is 41.1 Å². The Balaban J connectivity index is 1.66. The number of amides is 1. The first-order valence-electron chi connectivity index (χ1n) is 6.94. The van der Waals surface area contributed by atoms with Gasteiger partial charge in [-0.3, -0.25) is 4.79 Å². The van der Waals surface area contributed by atoms with Gasteiger partial charge < -0.3 is 15.0 Å². The minimum atomic E-state index is -0.275. The van der Waals surface area contributed by atoms with Gasteiger partial charge in [-0.25, -0.2) is 9.97 Å². The van der Waals surface area contributed by atoms with Gasteiger partial charge in [-0.15, -0.1) is 0 Å². The largest absolute Gasteiger partial charge is 0.378 e. The van der Waals surface area contributed by atoms with Crippen LogP contribution in [0, 0.1) is 0 Å². The highest BCUT2D eigenvalue weighted by Gasteiger charge is 2.14. The molecule has 1 aliphatic heterocycles. The molecule has 3 rings (SSSR count). The molecule has 1 saturated heterocycles. The quantitative estimate of drug-likeness (QED) is 0.907. The number of hydrogen-bond acceptors (Lipinski definition) is 5. The van der Waals surface area contributed by atoms with Crippen molar-refractivity contribution in [3.63, 3.8) is 0 Å². The second-order valence-corrected chi connectivity index (χ2v) is 5.74. The Labute approximate surface area is 136 Å². The Kier molecular flexibility index (Phi) is 4.65. The zero-order valence-corrected chi connectivity index (χ0v) is 13.4. The minimum Gasteiger partial charge on any atom is -0.378 e. The first-order chi connectivity index (χ1) is 10.7. The van der Waals surface area contributed by atoms with Crippen LogP contribution in [0.25, 0.3) is 0 Å². The summed E-state index contributed by atoms with van der Waals surface area (Å²) in [5, 5.41) is 2.79. The van der Waals surface area contributed by atoms with Crippen LogP contribution in [0.4, 0.5) is 11.5 Å². The highest BCUT2D eigenvalue weighted by molar-refractivity contribution is 9.10. The van der Waals surface area contributed by atoms with E-state index in [4.69, 9.17) is 4.74 Å². The Morgan fingerprint density at radius 2 is 1.86 bits per heavy atom. The van der Waals surface area contributed by atoms with Crippen molar-refractivity contribution in [2.45, 2.75) is 0 Å². The fraction of sp³-hybridized carbons (Fsp3) is 0.267. The molecule has 0 spiro atoms. The molecular weight excluding hydrogens is 348 g/mol. The number of halogens is 1. The summed E-state index contributed by atoms with van der Waals surface area (Å²) in [7, 11) is 0. The van der Waals surface area contributed by atoms with Crippen LogP contribution in [0.2, 0.25) is 0 Å². The number of rotatable bonds is 3. The standard InChI is InChI=1S/C15H15BrN4O2/c16-11-1-3-12(4-2-11)19-15(21)13-9-18-14(10-17-13)20-5-7-22-8-6-20/h1-4,9-10H,5-8H2,(H,19,21). The van der Waals surface area contributed by atoms with E-state index in [2.05, 4.69) is 36.1 Å². The fourth-order valence-electron chi connectivity index (χ4n) is 2.12. The molecular formula is C15H15BrN4O2. The second-order valence-electron chi connectivity index (χ2n) is 4.82. The molecule has 6 nitrogen and oxygen atoms in total. The molecule has 0 bridgehead atoms. The third-order valence-corrected chi connectivity index (χ3v) is 3.84. The number of benzene rings is 1. The van der Waals surface area contributed by atoms with Crippen LogP contribution in [-0.2, 0) is 4.74 Å². The fourth-order valence-corrected chi connectivity index (χ4v) is 2.39. The third-order valence-electron chi connectivity index (χ3n) is 3.31. The van der Waals surface area contributed by atoms with E-state index in [1.165, 1.54) is 6.20 Å². The van der Waals surface area contributed by atoms with E-state index in [0.29, 0.717) is 24.6 Å². The number of nitrogens with one attached hydrogen (secondary N) is 1. The summed E-state index contributed by atoms with van der Waals surface area (Å²) in [6.45, 7) is 2.96. The lowest BCUT2D eigenvalue weighted by molar-refractivity contribution is 0.102. The maximum absolute atomic E-state index is 12.1. The average Bonchev–Trinajstić information content (AvgIpc) is 2.58. The van der Waals surface area contributed by atoms with Gasteiger partial charge >= 0.3 is 0 Å². The van der Waals surface area contributed by atoms with E-state index >= 15 is 0 Å². The lowest BCUT2D eigenvalue weighted by Gasteiger charge is -2.27. The molecule has 0 radical (unpaired) electrons.